The van der Waals surface area contributed by atoms with Gasteiger partial charge in [0.1, 0.15) is 0 Å². The molecule has 18 heavy (non-hydrogen) atoms. The van der Waals surface area contributed by atoms with Gasteiger partial charge in [0.05, 0.1) is 0 Å². The minimum Gasteiger partial charge on any atom is -0.313 e. The van der Waals surface area contributed by atoms with E-state index < -0.39 is 0 Å². The Kier molecular flexibility index (Phi) is 5.97. The number of likely N-dealkylation sites (tertiary alicyclic amines) is 1. The van der Waals surface area contributed by atoms with Crippen LogP contribution in [0.2, 0.25) is 0 Å². The highest BCUT2D eigenvalue weighted by atomic mass is 15.2. The normalized spacial score (nSPS) is 35.3. The molecule has 1 atom stereocenters. The third kappa shape index (κ3) is 4.55. The van der Waals surface area contributed by atoms with Gasteiger partial charge in [0.2, 0.25) is 0 Å². The number of rotatable bonds is 4. The second kappa shape index (κ2) is 7.49. The topological polar surface area (TPSA) is 15.3 Å². The lowest BCUT2D eigenvalue weighted by Gasteiger charge is -2.30. The van der Waals surface area contributed by atoms with Crippen LogP contribution >= 0.6 is 0 Å². The maximum Gasteiger partial charge on any atom is 0.0110 e. The predicted octanol–water partition coefficient (Wildman–Crippen LogP) is 3.42. The zero-order chi connectivity index (χ0) is 12.8. The van der Waals surface area contributed by atoms with E-state index in [0.717, 1.165) is 18.0 Å². The molecule has 0 radical (unpaired) electrons. The molecule has 2 heteroatoms. The Morgan fingerprint density at radius 2 is 1.72 bits per heavy atom. The molecule has 1 aliphatic carbocycles. The van der Waals surface area contributed by atoms with Gasteiger partial charge in [-0.3, -0.25) is 4.90 Å². The molecule has 1 saturated heterocycles. The highest BCUT2D eigenvalue weighted by Gasteiger charge is 2.19. The molecule has 0 spiro atoms. The third-order valence-electron chi connectivity index (χ3n) is 5.04. The molecule has 1 saturated carbocycles. The van der Waals surface area contributed by atoms with Crippen molar-refractivity contribution >= 4 is 0 Å². The Labute approximate surface area is 114 Å². The second-order valence-corrected chi connectivity index (χ2v) is 6.65. The fourth-order valence-corrected chi connectivity index (χ4v) is 3.54. The van der Waals surface area contributed by atoms with Crippen LogP contribution in [-0.2, 0) is 0 Å². The van der Waals surface area contributed by atoms with Gasteiger partial charge in [0.25, 0.3) is 0 Å². The monoisotopic (exact) mass is 252 g/mol. The Balaban J connectivity index is 1.62. The summed E-state index contributed by atoms with van der Waals surface area (Å²) in [5.74, 6) is 0.966. The predicted molar refractivity (Wildman–Crippen MR) is 78.9 cm³/mol. The lowest BCUT2D eigenvalue weighted by atomic mass is 9.87. The fourth-order valence-electron chi connectivity index (χ4n) is 3.54. The van der Waals surface area contributed by atoms with Crippen molar-refractivity contribution in [3.05, 3.63) is 0 Å². The zero-order valence-corrected chi connectivity index (χ0v) is 12.5. The van der Waals surface area contributed by atoms with Crippen LogP contribution < -0.4 is 5.32 Å². The highest BCUT2D eigenvalue weighted by Crippen LogP contribution is 2.23. The van der Waals surface area contributed by atoms with Crippen molar-refractivity contribution < 1.29 is 0 Å². The van der Waals surface area contributed by atoms with Crippen LogP contribution in [0.25, 0.3) is 0 Å². The minimum atomic E-state index is 0.806. The van der Waals surface area contributed by atoms with Gasteiger partial charge in [-0.25, -0.2) is 0 Å². The lowest BCUT2D eigenvalue weighted by Crippen LogP contribution is -2.41. The fraction of sp³-hybridized carbons (Fsp3) is 1.00. The van der Waals surface area contributed by atoms with E-state index in [2.05, 4.69) is 24.1 Å². The first-order valence-corrected chi connectivity index (χ1v) is 8.23. The molecule has 0 aromatic heterocycles. The molecule has 0 aromatic rings. The van der Waals surface area contributed by atoms with Crippen molar-refractivity contribution in [2.24, 2.45) is 5.92 Å². The van der Waals surface area contributed by atoms with Gasteiger partial charge >= 0.3 is 0 Å². The van der Waals surface area contributed by atoms with Crippen LogP contribution in [0.1, 0.15) is 65.2 Å². The van der Waals surface area contributed by atoms with Gasteiger partial charge < -0.3 is 5.32 Å². The summed E-state index contributed by atoms with van der Waals surface area (Å²) in [7, 11) is 0. The molecule has 106 valence electrons. The molecule has 0 amide bonds. The number of hydrogen-bond donors (Lipinski definition) is 1. The largest absolute Gasteiger partial charge is 0.313 e. The zero-order valence-electron chi connectivity index (χ0n) is 12.5. The van der Waals surface area contributed by atoms with E-state index in [1.807, 2.05) is 0 Å². The molecule has 2 aliphatic rings. The van der Waals surface area contributed by atoms with E-state index in [1.54, 1.807) is 0 Å². The van der Waals surface area contributed by atoms with Gasteiger partial charge in [0, 0.05) is 25.2 Å². The van der Waals surface area contributed by atoms with E-state index in [-0.39, 0.29) is 0 Å². The van der Waals surface area contributed by atoms with Crippen LogP contribution in [0.4, 0.5) is 0 Å². The summed E-state index contributed by atoms with van der Waals surface area (Å²) in [5.41, 5.74) is 0. The summed E-state index contributed by atoms with van der Waals surface area (Å²) >= 11 is 0. The van der Waals surface area contributed by atoms with Crippen LogP contribution in [-0.4, -0.2) is 36.6 Å². The number of hydrogen-bond acceptors (Lipinski definition) is 2. The second-order valence-electron chi connectivity index (χ2n) is 6.65. The first-order chi connectivity index (χ1) is 8.75. The summed E-state index contributed by atoms with van der Waals surface area (Å²) in [6.07, 6.45) is 11.3. The average Bonchev–Trinajstić information content (AvgIpc) is 2.57. The smallest absolute Gasteiger partial charge is 0.0110 e. The van der Waals surface area contributed by atoms with Crippen LogP contribution in [0.5, 0.6) is 0 Å². The standard InChI is InChI=1S/C16H32N2/c1-14-7-9-16(10-8-14)17-11-13-18-12-5-3-4-6-15(18)2/h14-17H,3-13H2,1-2H3. The molecule has 2 nitrogen and oxygen atoms in total. The number of nitrogens with zero attached hydrogens (tertiary/aromatic N) is 1. The van der Waals surface area contributed by atoms with E-state index in [9.17, 15) is 0 Å². The number of nitrogens with one attached hydrogen (secondary N) is 1. The molecule has 2 fully saturated rings. The van der Waals surface area contributed by atoms with Crippen molar-refractivity contribution in [2.45, 2.75) is 77.3 Å². The minimum absolute atomic E-state index is 0.806. The van der Waals surface area contributed by atoms with E-state index in [1.165, 1.54) is 71.0 Å². The van der Waals surface area contributed by atoms with Crippen LogP contribution in [0.15, 0.2) is 0 Å². The molecule has 0 aromatic carbocycles. The van der Waals surface area contributed by atoms with Crippen molar-refractivity contribution in [2.75, 3.05) is 19.6 Å². The Morgan fingerprint density at radius 1 is 0.944 bits per heavy atom. The molecule has 1 N–H and O–H groups in total. The van der Waals surface area contributed by atoms with Gasteiger partial charge in [-0.15, -0.1) is 0 Å². The summed E-state index contributed by atoms with van der Waals surface area (Å²) in [5, 5.41) is 3.79. The third-order valence-corrected chi connectivity index (χ3v) is 5.04. The van der Waals surface area contributed by atoms with E-state index in [0.29, 0.717) is 0 Å². The SMILES string of the molecule is CC1CCC(NCCN2CCCCCC2C)CC1. The molecule has 1 aliphatic heterocycles. The van der Waals surface area contributed by atoms with Gasteiger partial charge in [-0.05, 0) is 57.9 Å². The van der Waals surface area contributed by atoms with Gasteiger partial charge in [0.15, 0.2) is 0 Å². The highest BCUT2D eigenvalue weighted by molar-refractivity contribution is 4.77. The summed E-state index contributed by atoms with van der Waals surface area (Å²) in [4.78, 5) is 2.70. The molecule has 1 heterocycles. The molecule has 2 rings (SSSR count). The van der Waals surface area contributed by atoms with Gasteiger partial charge in [-0.1, -0.05) is 19.8 Å². The van der Waals surface area contributed by atoms with E-state index >= 15 is 0 Å². The summed E-state index contributed by atoms with van der Waals surface area (Å²) < 4.78 is 0. The van der Waals surface area contributed by atoms with Crippen molar-refractivity contribution in [1.82, 2.24) is 10.2 Å². The molecular formula is C16H32N2. The Bertz CT molecular complexity index is 221. The summed E-state index contributed by atoms with van der Waals surface area (Å²) in [6, 6.07) is 1.61. The Morgan fingerprint density at radius 3 is 2.50 bits per heavy atom. The van der Waals surface area contributed by atoms with Crippen molar-refractivity contribution in [1.29, 1.82) is 0 Å². The first kappa shape index (κ1) is 14.3. The van der Waals surface area contributed by atoms with Crippen molar-refractivity contribution in [3.8, 4) is 0 Å². The lowest BCUT2D eigenvalue weighted by molar-refractivity contribution is 0.206. The quantitative estimate of drug-likeness (QED) is 0.825. The van der Waals surface area contributed by atoms with Crippen LogP contribution in [0.3, 0.4) is 0 Å². The van der Waals surface area contributed by atoms with E-state index in [4.69, 9.17) is 0 Å². The average molecular weight is 252 g/mol. The van der Waals surface area contributed by atoms with Crippen molar-refractivity contribution in [3.63, 3.8) is 0 Å². The van der Waals surface area contributed by atoms with Gasteiger partial charge in [-0.2, -0.15) is 0 Å². The maximum absolute atomic E-state index is 3.79. The maximum atomic E-state index is 3.79. The molecular weight excluding hydrogens is 220 g/mol. The first-order valence-electron chi connectivity index (χ1n) is 8.23. The van der Waals surface area contributed by atoms with Crippen LogP contribution in [0, 0.1) is 5.92 Å². The Hall–Kier alpha value is -0.0800. The molecule has 1 unspecified atom stereocenters. The summed E-state index contributed by atoms with van der Waals surface area (Å²) in [6.45, 7) is 8.59. The molecule has 0 bridgehead atoms.